The summed E-state index contributed by atoms with van der Waals surface area (Å²) < 4.78 is 15.8. The Labute approximate surface area is 114 Å². The largest absolute Gasteiger partial charge is 0.496 e. The second-order valence-corrected chi connectivity index (χ2v) is 4.39. The van der Waals surface area contributed by atoms with Crippen LogP contribution in [0.25, 0.3) is 0 Å². The number of benzene rings is 1. The van der Waals surface area contributed by atoms with E-state index in [1.165, 1.54) is 0 Å². The number of hydrogen-bond acceptors (Lipinski definition) is 5. The monoisotopic (exact) mass is 269 g/mol. The highest BCUT2D eigenvalue weighted by Crippen LogP contribution is 2.40. The molecule has 0 aliphatic carbocycles. The zero-order valence-electron chi connectivity index (χ0n) is 11.8. The molecule has 108 valence electrons. The molecule has 0 fully saturated rings. The van der Waals surface area contributed by atoms with Crippen LogP contribution >= 0.6 is 0 Å². The Morgan fingerprint density at radius 3 is 2.16 bits per heavy atom. The van der Waals surface area contributed by atoms with Crippen LogP contribution in [0.3, 0.4) is 0 Å². The predicted octanol–water partition coefficient (Wildman–Crippen LogP) is 1.28. The highest BCUT2D eigenvalue weighted by molar-refractivity contribution is 5.48. The van der Waals surface area contributed by atoms with Gasteiger partial charge in [-0.1, -0.05) is 6.07 Å². The molecule has 19 heavy (non-hydrogen) atoms. The first-order chi connectivity index (χ1) is 9.12. The molecule has 0 spiro atoms. The Kier molecular flexibility index (Phi) is 6.08. The van der Waals surface area contributed by atoms with Crippen LogP contribution < -0.4 is 15.2 Å². The lowest BCUT2D eigenvalue weighted by atomic mass is 9.88. The molecule has 1 aromatic rings. The summed E-state index contributed by atoms with van der Waals surface area (Å²) in [6.45, 7) is 0.660. The molecule has 0 saturated heterocycles. The van der Waals surface area contributed by atoms with Crippen molar-refractivity contribution in [3.8, 4) is 11.5 Å². The average molecular weight is 269 g/mol. The lowest BCUT2D eigenvalue weighted by Crippen LogP contribution is -2.33. The Bertz CT molecular complexity index is 375. The Morgan fingerprint density at radius 1 is 1.16 bits per heavy atom. The molecule has 0 aliphatic heterocycles. The summed E-state index contributed by atoms with van der Waals surface area (Å²) in [7, 11) is 4.68. The SMILES string of the molecule is COCC(O)(CCCN)c1c(OC)cccc1OC. The van der Waals surface area contributed by atoms with Crippen LogP contribution in [0.5, 0.6) is 11.5 Å². The number of rotatable bonds is 8. The van der Waals surface area contributed by atoms with Gasteiger partial charge in [0.15, 0.2) is 0 Å². The van der Waals surface area contributed by atoms with Crippen LogP contribution in [0.2, 0.25) is 0 Å². The van der Waals surface area contributed by atoms with E-state index in [1.807, 2.05) is 6.07 Å². The van der Waals surface area contributed by atoms with Gasteiger partial charge in [-0.2, -0.15) is 0 Å². The molecule has 0 aliphatic rings. The fourth-order valence-corrected chi connectivity index (χ4v) is 2.21. The molecular weight excluding hydrogens is 246 g/mol. The molecule has 0 radical (unpaired) electrons. The molecule has 1 unspecified atom stereocenters. The smallest absolute Gasteiger partial charge is 0.128 e. The molecule has 0 saturated carbocycles. The van der Waals surface area contributed by atoms with Gasteiger partial charge in [0.05, 0.1) is 26.4 Å². The Morgan fingerprint density at radius 2 is 1.74 bits per heavy atom. The second-order valence-electron chi connectivity index (χ2n) is 4.39. The van der Waals surface area contributed by atoms with Crippen LogP contribution in [0.15, 0.2) is 18.2 Å². The topological polar surface area (TPSA) is 73.9 Å². The maximum Gasteiger partial charge on any atom is 0.128 e. The normalized spacial score (nSPS) is 13.9. The molecular formula is C14H23NO4. The molecule has 0 aromatic heterocycles. The van der Waals surface area contributed by atoms with Crippen molar-refractivity contribution < 1.29 is 19.3 Å². The van der Waals surface area contributed by atoms with Crippen molar-refractivity contribution in [3.63, 3.8) is 0 Å². The van der Waals surface area contributed by atoms with Crippen LogP contribution in [0, 0.1) is 0 Å². The Balaban J connectivity index is 3.26. The molecule has 1 atom stereocenters. The van der Waals surface area contributed by atoms with Gasteiger partial charge in [0, 0.05) is 7.11 Å². The number of ether oxygens (including phenoxy) is 3. The molecule has 0 amide bonds. The lowest BCUT2D eigenvalue weighted by molar-refractivity contribution is -0.0457. The van der Waals surface area contributed by atoms with E-state index in [0.717, 1.165) is 0 Å². The van der Waals surface area contributed by atoms with Gasteiger partial charge < -0.3 is 25.1 Å². The Hall–Kier alpha value is -1.30. The maximum atomic E-state index is 10.9. The number of hydrogen-bond donors (Lipinski definition) is 2. The van der Waals surface area contributed by atoms with Gasteiger partial charge >= 0.3 is 0 Å². The molecule has 1 aromatic carbocycles. The van der Waals surface area contributed by atoms with Gasteiger partial charge in [-0.3, -0.25) is 0 Å². The fraction of sp³-hybridized carbons (Fsp3) is 0.571. The van der Waals surface area contributed by atoms with Crippen LogP contribution in [0.4, 0.5) is 0 Å². The molecule has 1 rings (SSSR count). The van der Waals surface area contributed by atoms with E-state index < -0.39 is 5.60 Å². The first-order valence-electron chi connectivity index (χ1n) is 6.25. The fourth-order valence-electron chi connectivity index (χ4n) is 2.21. The summed E-state index contributed by atoms with van der Waals surface area (Å²) in [5.41, 5.74) is 4.97. The van der Waals surface area contributed by atoms with E-state index in [1.54, 1.807) is 33.5 Å². The maximum absolute atomic E-state index is 10.9. The molecule has 0 bridgehead atoms. The van der Waals surface area contributed by atoms with Crippen LogP contribution in [0.1, 0.15) is 18.4 Å². The van der Waals surface area contributed by atoms with E-state index in [0.29, 0.717) is 36.4 Å². The van der Waals surface area contributed by atoms with Crippen molar-refractivity contribution in [1.82, 2.24) is 0 Å². The molecule has 3 N–H and O–H groups in total. The highest BCUT2D eigenvalue weighted by atomic mass is 16.5. The zero-order chi connectivity index (χ0) is 14.3. The summed E-state index contributed by atoms with van der Waals surface area (Å²) in [4.78, 5) is 0. The van der Waals surface area contributed by atoms with Gasteiger partial charge in [0.2, 0.25) is 0 Å². The van der Waals surface area contributed by atoms with E-state index >= 15 is 0 Å². The summed E-state index contributed by atoms with van der Waals surface area (Å²) in [5.74, 6) is 1.16. The third kappa shape index (κ3) is 3.59. The number of nitrogens with two attached hydrogens (primary N) is 1. The standard InChI is InChI=1S/C14H23NO4/c1-17-10-14(16,8-5-9-15)13-11(18-2)6-4-7-12(13)19-3/h4,6-7,16H,5,8-10,15H2,1-3H3. The van der Waals surface area contributed by atoms with Gasteiger partial charge in [0.1, 0.15) is 17.1 Å². The molecule has 5 heteroatoms. The minimum atomic E-state index is -1.17. The van der Waals surface area contributed by atoms with Crippen molar-refractivity contribution >= 4 is 0 Å². The van der Waals surface area contributed by atoms with Crippen LogP contribution in [-0.4, -0.2) is 39.6 Å². The van der Waals surface area contributed by atoms with Crippen molar-refractivity contribution in [2.75, 3.05) is 34.5 Å². The van der Waals surface area contributed by atoms with Gasteiger partial charge in [-0.25, -0.2) is 0 Å². The first-order valence-corrected chi connectivity index (χ1v) is 6.25. The van der Waals surface area contributed by atoms with E-state index in [-0.39, 0.29) is 6.61 Å². The van der Waals surface area contributed by atoms with Crippen molar-refractivity contribution in [3.05, 3.63) is 23.8 Å². The number of aliphatic hydroxyl groups is 1. The minimum absolute atomic E-state index is 0.156. The predicted molar refractivity (Wildman–Crippen MR) is 73.6 cm³/mol. The summed E-state index contributed by atoms with van der Waals surface area (Å²) in [6.07, 6.45) is 1.16. The average Bonchev–Trinajstić information content (AvgIpc) is 2.44. The second kappa shape index (κ2) is 7.33. The lowest BCUT2D eigenvalue weighted by Gasteiger charge is -2.30. The molecule has 5 nitrogen and oxygen atoms in total. The van der Waals surface area contributed by atoms with Gasteiger partial charge in [-0.15, -0.1) is 0 Å². The summed E-state index contributed by atoms with van der Waals surface area (Å²) in [5, 5.41) is 10.9. The number of methoxy groups -OCH3 is 3. The van der Waals surface area contributed by atoms with Crippen molar-refractivity contribution in [2.45, 2.75) is 18.4 Å². The summed E-state index contributed by atoms with van der Waals surface area (Å²) >= 11 is 0. The molecule has 0 heterocycles. The van der Waals surface area contributed by atoms with E-state index in [9.17, 15) is 5.11 Å². The van der Waals surface area contributed by atoms with Crippen LogP contribution in [-0.2, 0) is 10.3 Å². The summed E-state index contributed by atoms with van der Waals surface area (Å²) in [6, 6.07) is 5.40. The first kappa shape index (κ1) is 15.8. The van der Waals surface area contributed by atoms with Gasteiger partial charge in [0.25, 0.3) is 0 Å². The highest BCUT2D eigenvalue weighted by Gasteiger charge is 2.35. The third-order valence-corrected chi connectivity index (χ3v) is 3.07. The quantitative estimate of drug-likeness (QED) is 0.743. The van der Waals surface area contributed by atoms with Gasteiger partial charge in [-0.05, 0) is 31.5 Å². The van der Waals surface area contributed by atoms with E-state index in [2.05, 4.69) is 0 Å². The minimum Gasteiger partial charge on any atom is -0.496 e. The van der Waals surface area contributed by atoms with Crippen molar-refractivity contribution in [2.24, 2.45) is 5.73 Å². The zero-order valence-corrected chi connectivity index (χ0v) is 11.8. The van der Waals surface area contributed by atoms with E-state index in [4.69, 9.17) is 19.9 Å². The third-order valence-electron chi connectivity index (χ3n) is 3.07. The van der Waals surface area contributed by atoms with Crippen molar-refractivity contribution in [1.29, 1.82) is 0 Å².